The lowest BCUT2D eigenvalue weighted by atomic mass is 9.90. The normalized spacial score (nSPS) is 19.8. The van der Waals surface area contributed by atoms with Crippen LogP contribution in [0.25, 0.3) is 11.3 Å². The quantitative estimate of drug-likeness (QED) is 0.710. The van der Waals surface area contributed by atoms with E-state index in [1.807, 2.05) is 48.0 Å². The highest BCUT2D eigenvalue weighted by Crippen LogP contribution is 2.32. The first-order valence-electron chi connectivity index (χ1n) is 9.65. The molecule has 1 aromatic heterocycles. The molecule has 0 radical (unpaired) electrons. The van der Waals surface area contributed by atoms with E-state index in [2.05, 4.69) is 35.4 Å². The summed E-state index contributed by atoms with van der Waals surface area (Å²) in [5.74, 6) is -0.710. The molecule has 28 heavy (non-hydrogen) atoms. The minimum atomic E-state index is -0.710. The van der Waals surface area contributed by atoms with E-state index in [1.54, 1.807) is 0 Å². The van der Waals surface area contributed by atoms with Crippen molar-refractivity contribution in [1.82, 2.24) is 14.7 Å². The molecule has 1 saturated heterocycles. The molecule has 5 nitrogen and oxygen atoms in total. The Balaban J connectivity index is 1.61. The molecule has 0 aliphatic carbocycles. The van der Waals surface area contributed by atoms with Crippen LogP contribution in [0.1, 0.15) is 24.5 Å². The van der Waals surface area contributed by atoms with Crippen LogP contribution in [0.15, 0.2) is 66.9 Å². The Labute approximate surface area is 165 Å². The zero-order valence-electron chi connectivity index (χ0n) is 16.1. The summed E-state index contributed by atoms with van der Waals surface area (Å²) in [6, 6.07) is 20.5. The molecular formula is C23H25N3O2. The number of aromatic nitrogens is 2. The van der Waals surface area contributed by atoms with E-state index in [0.717, 1.165) is 23.4 Å². The van der Waals surface area contributed by atoms with Crippen LogP contribution in [0.4, 0.5) is 0 Å². The maximum absolute atomic E-state index is 11.6. The fourth-order valence-electron chi connectivity index (χ4n) is 3.88. The summed E-state index contributed by atoms with van der Waals surface area (Å²) >= 11 is 0. The molecule has 3 aromatic rings. The Hall–Kier alpha value is -2.92. The predicted molar refractivity (Wildman–Crippen MR) is 109 cm³/mol. The molecule has 1 aliphatic rings. The Morgan fingerprint density at radius 3 is 2.39 bits per heavy atom. The summed E-state index contributed by atoms with van der Waals surface area (Å²) in [5, 5.41) is 14.4. The van der Waals surface area contributed by atoms with E-state index in [0.29, 0.717) is 26.1 Å². The summed E-state index contributed by atoms with van der Waals surface area (Å²) in [5.41, 5.74) is 3.74. The van der Waals surface area contributed by atoms with Crippen LogP contribution >= 0.6 is 0 Å². The second kappa shape index (κ2) is 7.60. The van der Waals surface area contributed by atoms with Gasteiger partial charge in [0.15, 0.2) is 0 Å². The van der Waals surface area contributed by atoms with E-state index in [1.165, 1.54) is 5.56 Å². The first kappa shape index (κ1) is 18.4. The number of carboxylic acid groups (broad SMARTS) is 1. The van der Waals surface area contributed by atoms with Gasteiger partial charge in [0.1, 0.15) is 0 Å². The first-order chi connectivity index (χ1) is 13.5. The molecule has 2 heterocycles. The molecule has 144 valence electrons. The molecular weight excluding hydrogens is 350 g/mol. The maximum atomic E-state index is 11.6. The number of hydrogen-bond donors (Lipinski definition) is 1. The number of hydrogen-bond acceptors (Lipinski definition) is 3. The van der Waals surface area contributed by atoms with Crippen molar-refractivity contribution in [2.24, 2.45) is 5.41 Å². The van der Waals surface area contributed by atoms with Gasteiger partial charge < -0.3 is 5.11 Å². The van der Waals surface area contributed by atoms with Gasteiger partial charge in [-0.2, -0.15) is 5.10 Å². The van der Waals surface area contributed by atoms with Crippen molar-refractivity contribution in [3.63, 3.8) is 0 Å². The maximum Gasteiger partial charge on any atom is 0.310 e. The Kier molecular flexibility index (Phi) is 5.01. The summed E-state index contributed by atoms with van der Waals surface area (Å²) in [4.78, 5) is 13.8. The van der Waals surface area contributed by atoms with Crippen molar-refractivity contribution in [3.05, 3.63) is 78.0 Å². The number of nitrogens with zero attached hydrogens (tertiary/aromatic N) is 3. The lowest BCUT2D eigenvalue weighted by Gasteiger charge is -2.20. The van der Waals surface area contributed by atoms with Crippen LogP contribution < -0.4 is 0 Å². The SMILES string of the molecule is CC1(C(=O)O)CCN(Cc2cn(Cc3ccccc3)nc2-c2ccccc2)C1. The molecule has 1 unspecified atom stereocenters. The molecule has 1 fully saturated rings. The number of likely N-dealkylation sites (tertiary alicyclic amines) is 1. The average molecular weight is 375 g/mol. The van der Waals surface area contributed by atoms with Gasteiger partial charge in [-0.05, 0) is 25.5 Å². The van der Waals surface area contributed by atoms with Crippen molar-refractivity contribution in [3.8, 4) is 11.3 Å². The second-order valence-corrected chi connectivity index (χ2v) is 7.88. The van der Waals surface area contributed by atoms with Crippen molar-refractivity contribution >= 4 is 5.97 Å². The van der Waals surface area contributed by atoms with E-state index in [-0.39, 0.29) is 0 Å². The van der Waals surface area contributed by atoms with Gasteiger partial charge in [0, 0.05) is 30.4 Å². The highest BCUT2D eigenvalue weighted by Gasteiger charge is 2.40. The highest BCUT2D eigenvalue weighted by atomic mass is 16.4. The average Bonchev–Trinajstić information content (AvgIpc) is 3.28. The first-order valence-corrected chi connectivity index (χ1v) is 9.65. The number of rotatable bonds is 6. The molecule has 1 N–H and O–H groups in total. The van der Waals surface area contributed by atoms with Crippen molar-refractivity contribution in [1.29, 1.82) is 0 Å². The second-order valence-electron chi connectivity index (χ2n) is 7.88. The van der Waals surface area contributed by atoms with Crippen LogP contribution in [0.2, 0.25) is 0 Å². The molecule has 0 amide bonds. The van der Waals surface area contributed by atoms with E-state index >= 15 is 0 Å². The van der Waals surface area contributed by atoms with Gasteiger partial charge in [-0.25, -0.2) is 0 Å². The van der Waals surface area contributed by atoms with Gasteiger partial charge in [-0.3, -0.25) is 14.4 Å². The van der Waals surface area contributed by atoms with Crippen molar-refractivity contribution in [2.45, 2.75) is 26.4 Å². The number of benzene rings is 2. The minimum Gasteiger partial charge on any atom is -0.481 e. The summed E-state index contributed by atoms with van der Waals surface area (Å²) in [7, 11) is 0. The minimum absolute atomic E-state index is 0.570. The van der Waals surface area contributed by atoms with Gasteiger partial charge in [0.2, 0.25) is 0 Å². The van der Waals surface area contributed by atoms with Crippen LogP contribution in [-0.2, 0) is 17.9 Å². The summed E-state index contributed by atoms with van der Waals surface area (Å²) < 4.78 is 1.99. The monoisotopic (exact) mass is 375 g/mol. The third-order valence-corrected chi connectivity index (χ3v) is 5.53. The molecule has 1 aliphatic heterocycles. The molecule has 5 heteroatoms. The van der Waals surface area contributed by atoms with Gasteiger partial charge in [-0.15, -0.1) is 0 Å². The smallest absolute Gasteiger partial charge is 0.310 e. The van der Waals surface area contributed by atoms with Crippen LogP contribution in [-0.4, -0.2) is 38.8 Å². The van der Waals surface area contributed by atoms with Crippen molar-refractivity contribution < 1.29 is 9.90 Å². The Morgan fingerprint density at radius 1 is 1.07 bits per heavy atom. The van der Waals surface area contributed by atoms with E-state index in [9.17, 15) is 9.90 Å². The molecule has 0 spiro atoms. The Morgan fingerprint density at radius 2 is 1.75 bits per heavy atom. The van der Waals surface area contributed by atoms with E-state index < -0.39 is 11.4 Å². The predicted octanol–water partition coefficient (Wildman–Crippen LogP) is 3.90. The zero-order chi connectivity index (χ0) is 19.6. The third kappa shape index (κ3) is 3.85. The van der Waals surface area contributed by atoms with Crippen LogP contribution in [0.5, 0.6) is 0 Å². The standard InChI is InChI=1S/C23H25N3O2/c1-23(22(27)28)12-13-25(17-23)15-20-16-26(14-18-8-4-2-5-9-18)24-21(20)19-10-6-3-7-11-19/h2-11,16H,12-15,17H2,1H3,(H,27,28). The summed E-state index contributed by atoms with van der Waals surface area (Å²) in [6.07, 6.45) is 2.78. The fourth-order valence-corrected chi connectivity index (χ4v) is 3.88. The molecule has 1 atom stereocenters. The fraction of sp³-hybridized carbons (Fsp3) is 0.304. The highest BCUT2D eigenvalue weighted by molar-refractivity contribution is 5.75. The van der Waals surface area contributed by atoms with Gasteiger partial charge >= 0.3 is 5.97 Å². The number of aliphatic carboxylic acids is 1. The van der Waals surface area contributed by atoms with E-state index in [4.69, 9.17) is 5.10 Å². The topological polar surface area (TPSA) is 58.4 Å². The molecule has 4 rings (SSSR count). The largest absolute Gasteiger partial charge is 0.481 e. The summed E-state index contributed by atoms with van der Waals surface area (Å²) in [6.45, 7) is 4.63. The molecule has 0 bridgehead atoms. The van der Waals surface area contributed by atoms with Gasteiger partial charge in [0.05, 0.1) is 17.7 Å². The molecule has 0 saturated carbocycles. The number of carbonyl (C=O) groups is 1. The third-order valence-electron chi connectivity index (χ3n) is 5.53. The van der Waals surface area contributed by atoms with Gasteiger partial charge in [-0.1, -0.05) is 60.7 Å². The molecule has 2 aromatic carbocycles. The zero-order valence-corrected chi connectivity index (χ0v) is 16.1. The Bertz CT molecular complexity index is 952. The van der Waals surface area contributed by atoms with Crippen molar-refractivity contribution in [2.75, 3.05) is 13.1 Å². The number of carboxylic acids is 1. The van der Waals surface area contributed by atoms with Gasteiger partial charge in [0.25, 0.3) is 0 Å². The lowest BCUT2D eigenvalue weighted by molar-refractivity contribution is -0.147. The lowest BCUT2D eigenvalue weighted by Crippen LogP contribution is -2.31. The van der Waals surface area contributed by atoms with Crippen LogP contribution in [0.3, 0.4) is 0 Å². The van der Waals surface area contributed by atoms with Crippen LogP contribution in [0, 0.1) is 5.41 Å².